The number of aliphatic hydroxyl groups excluding tert-OH is 1. The van der Waals surface area contributed by atoms with E-state index in [0.29, 0.717) is 27.3 Å². The first-order valence-corrected chi connectivity index (χ1v) is 5.52. The summed E-state index contributed by atoms with van der Waals surface area (Å²) in [6, 6.07) is 1.66. The summed E-state index contributed by atoms with van der Waals surface area (Å²) >= 11 is 3.31. The van der Waals surface area contributed by atoms with E-state index in [1.165, 1.54) is 21.3 Å². The van der Waals surface area contributed by atoms with Crippen LogP contribution in [0.3, 0.4) is 0 Å². The maximum atomic E-state index is 9.76. The van der Waals surface area contributed by atoms with Gasteiger partial charge in [0.2, 0.25) is 5.75 Å². The van der Waals surface area contributed by atoms with Crippen LogP contribution in [-0.2, 0) is 0 Å². The molecule has 0 saturated carbocycles. The lowest BCUT2D eigenvalue weighted by Crippen LogP contribution is -2.03. The van der Waals surface area contributed by atoms with Crippen LogP contribution in [-0.4, -0.2) is 26.4 Å². The van der Waals surface area contributed by atoms with Crippen molar-refractivity contribution in [2.24, 2.45) is 0 Å². The van der Waals surface area contributed by atoms with Gasteiger partial charge in [0.25, 0.3) is 0 Å². The third-order valence-corrected chi connectivity index (χ3v) is 2.91. The Morgan fingerprint density at radius 2 is 1.82 bits per heavy atom. The molecule has 0 heterocycles. The largest absolute Gasteiger partial charge is 0.493 e. The SMILES string of the molecule is C#CC(O)c1c(Br)cc(OC)c(OC)c1OC. The van der Waals surface area contributed by atoms with Crippen LogP contribution >= 0.6 is 15.9 Å². The van der Waals surface area contributed by atoms with Gasteiger partial charge in [0.15, 0.2) is 11.5 Å². The van der Waals surface area contributed by atoms with Crippen LogP contribution in [0.2, 0.25) is 0 Å². The summed E-state index contributed by atoms with van der Waals surface area (Å²) in [5.41, 5.74) is 0.438. The third kappa shape index (κ3) is 2.48. The van der Waals surface area contributed by atoms with Gasteiger partial charge in [0, 0.05) is 4.47 Å². The highest BCUT2D eigenvalue weighted by atomic mass is 79.9. The lowest BCUT2D eigenvalue weighted by molar-refractivity contribution is 0.228. The molecule has 0 aliphatic carbocycles. The number of methoxy groups -OCH3 is 3. The van der Waals surface area contributed by atoms with Crippen LogP contribution in [0.25, 0.3) is 0 Å². The summed E-state index contributed by atoms with van der Waals surface area (Å²) < 4.78 is 16.2. The summed E-state index contributed by atoms with van der Waals surface area (Å²) in [7, 11) is 4.47. The van der Waals surface area contributed by atoms with Crippen molar-refractivity contribution < 1.29 is 19.3 Å². The molecule has 0 spiro atoms. The fourth-order valence-corrected chi connectivity index (χ4v) is 2.09. The van der Waals surface area contributed by atoms with Gasteiger partial charge >= 0.3 is 0 Å². The van der Waals surface area contributed by atoms with Gasteiger partial charge in [-0.15, -0.1) is 6.42 Å². The fraction of sp³-hybridized carbons (Fsp3) is 0.333. The second-order valence-corrected chi connectivity index (χ2v) is 3.96. The van der Waals surface area contributed by atoms with Crippen LogP contribution in [0.5, 0.6) is 17.2 Å². The number of hydrogen-bond donors (Lipinski definition) is 1. The van der Waals surface area contributed by atoms with E-state index in [2.05, 4.69) is 21.9 Å². The maximum absolute atomic E-state index is 9.76. The van der Waals surface area contributed by atoms with E-state index in [9.17, 15) is 5.11 Å². The molecule has 0 bridgehead atoms. The molecule has 1 aromatic rings. The first kappa shape index (κ1) is 13.7. The molecule has 0 radical (unpaired) electrons. The predicted octanol–water partition coefficient (Wildman–Crippen LogP) is 2.14. The minimum absolute atomic E-state index is 0.351. The first-order chi connectivity index (χ1) is 8.10. The second-order valence-electron chi connectivity index (χ2n) is 3.11. The van der Waals surface area contributed by atoms with E-state index < -0.39 is 6.10 Å². The van der Waals surface area contributed by atoms with E-state index >= 15 is 0 Å². The Morgan fingerprint density at radius 3 is 2.24 bits per heavy atom. The highest BCUT2D eigenvalue weighted by Gasteiger charge is 2.23. The summed E-state index contributed by atoms with van der Waals surface area (Å²) in [5, 5.41) is 9.76. The topological polar surface area (TPSA) is 47.9 Å². The number of rotatable bonds is 4. The molecular weight excluding hydrogens is 288 g/mol. The number of terminal acetylenes is 1. The summed E-state index contributed by atoms with van der Waals surface area (Å²) in [6.45, 7) is 0. The summed E-state index contributed by atoms with van der Waals surface area (Å²) in [5.74, 6) is 3.47. The van der Waals surface area contributed by atoms with Gasteiger partial charge in [-0.2, -0.15) is 0 Å². The smallest absolute Gasteiger partial charge is 0.203 e. The lowest BCUT2D eigenvalue weighted by atomic mass is 10.1. The molecule has 0 aromatic heterocycles. The van der Waals surface area contributed by atoms with E-state index in [-0.39, 0.29) is 0 Å². The molecule has 4 nitrogen and oxygen atoms in total. The van der Waals surface area contributed by atoms with Crippen LogP contribution in [0.1, 0.15) is 11.7 Å². The molecule has 1 unspecified atom stereocenters. The minimum Gasteiger partial charge on any atom is -0.493 e. The van der Waals surface area contributed by atoms with Gasteiger partial charge in [-0.1, -0.05) is 21.9 Å². The zero-order valence-corrected chi connectivity index (χ0v) is 11.4. The molecule has 92 valence electrons. The molecule has 0 fully saturated rings. The monoisotopic (exact) mass is 300 g/mol. The van der Waals surface area contributed by atoms with Crippen molar-refractivity contribution in [3.63, 3.8) is 0 Å². The number of ether oxygens (including phenoxy) is 3. The maximum Gasteiger partial charge on any atom is 0.203 e. The van der Waals surface area contributed by atoms with Crippen LogP contribution in [0, 0.1) is 12.3 Å². The van der Waals surface area contributed by atoms with Gasteiger partial charge in [-0.3, -0.25) is 0 Å². The lowest BCUT2D eigenvalue weighted by Gasteiger charge is -2.18. The van der Waals surface area contributed by atoms with Gasteiger partial charge < -0.3 is 19.3 Å². The highest BCUT2D eigenvalue weighted by molar-refractivity contribution is 9.10. The number of hydrogen-bond acceptors (Lipinski definition) is 4. The molecule has 1 N–H and O–H groups in total. The molecular formula is C12H13BrO4. The first-order valence-electron chi connectivity index (χ1n) is 4.73. The van der Waals surface area contributed by atoms with E-state index in [4.69, 9.17) is 20.6 Å². The van der Waals surface area contributed by atoms with Crippen LogP contribution < -0.4 is 14.2 Å². The molecule has 1 atom stereocenters. The van der Waals surface area contributed by atoms with Gasteiger partial charge in [-0.05, 0) is 6.07 Å². The quantitative estimate of drug-likeness (QED) is 0.866. The van der Waals surface area contributed by atoms with Gasteiger partial charge in [0.1, 0.15) is 6.10 Å². The van der Waals surface area contributed by atoms with E-state index in [1.54, 1.807) is 6.07 Å². The average molecular weight is 301 g/mol. The summed E-state index contributed by atoms with van der Waals surface area (Å²) in [6.07, 6.45) is 4.13. The molecule has 1 rings (SSSR count). The molecule has 5 heteroatoms. The van der Waals surface area contributed by atoms with Crippen molar-refractivity contribution >= 4 is 15.9 Å². The second kappa shape index (κ2) is 5.80. The number of halogens is 1. The molecule has 0 saturated heterocycles. The van der Waals surface area contributed by atoms with Crippen molar-refractivity contribution in [3.05, 3.63) is 16.1 Å². The number of aliphatic hydroxyl groups is 1. The van der Waals surface area contributed by atoms with Crippen molar-refractivity contribution in [2.45, 2.75) is 6.10 Å². The molecule has 17 heavy (non-hydrogen) atoms. The van der Waals surface area contributed by atoms with Crippen LogP contribution in [0.15, 0.2) is 10.5 Å². The molecule has 0 aliphatic rings. The highest BCUT2D eigenvalue weighted by Crippen LogP contribution is 2.46. The van der Waals surface area contributed by atoms with Crippen molar-refractivity contribution in [2.75, 3.05) is 21.3 Å². The zero-order valence-electron chi connectivity index (χ0n) is 9.78. The van der Waals surface area contributed by atoms with Gasteiger partial charge in [-0.25, -0.2) is 0 Å². The normalized spacial score (nSPS) is 11.5. The van der Waals surface area contributed by atoms with Gasteiger partial charge in [0.05, 0.1) is 26.9 Å². The Hall–Kier alpha value is -1.38. The van der Waals surface area contributed by atoms with Crippen molar-refractivity contribution in [1.82, 2.24) is 0 Å². The molecule has 0 amide bonds. The Kier molecular flexibility index (Phi) is 4.67. The molecule has 1 aromatic carbocycles. The van der Waals surface area contributed by atoms with E-state index in [1.807, 2.05) is 0 Å². The number of benzene rings is 1. The standard InChI is InChI=1S/C12H13BrO4/c1-5-8(14)10-7(13)6-9(15-2)11(16-3)12(10)17-4/h1,6,8,14H,2-4H3. The van der Waals surface area contributed by atoms with E-state index in [0.717, 1.165) is 0 Å². The minimum atomic E-state index is -1.08. The fourth-order valence-electron chi connectivity index (χ4n) is 1.49. The Labute approximate surface area is 109 Å². The third-order valence-electron chi connectivity index (χ3n) is 2.25. The van der Waals surface area contributed by atoms with Crippen molar-refractivity contribution in [1.29, 1.82) is 0 Å². The Balaban J connectivity index is 3.55. The predicted molar refractivity (Wildman–Crippen MR) is 67.6 cm³/mol. The average Bonchev–Trinajstić information content (AvgIpc) is 2.36. The zero-order chi connectivity index (χ0) is 13.0. The van der Waals surface area contributed by atoms with Crippen LogP contribution in [0.4, 0.5) is 0 Å². The summed E-state index contributed by atoms with van der Waals surface area (Å²) in [4.78, 5) is 0. The molecule has 0 aliphatic heterocycles. The Bertz CT molecular complexity index is 451. The Morgan fingerprint density at radius 1 is 1.24 bits per heavy atom. The van der Waals surface area contributed by atoms with Crippen molar-refractivity contribution in [3.8, 4) is 29.6 Å².